The zero-order valence-corrected chi connectivity index (χ0v) is 11.6. The molecule has 0 aliphatic rings. The van der Waals surface area contributed by atoms with Gasteiger partial charge in [-0.3, -0.25) is 24.3 Å². The molecule has 7 nitrogen and oxygen atoms in total. The molecule has 0 fully saturated rings. The second kappa shape index (κ2) is 6.17. The van der Waals surface area contributed by atoms with E-state index in [2.05, 4.69) is 5.32 Å². The molecular weight excluding hydrogens is 293 g/mol. The first-order chi connectivity index (χ1) is 10.4. The zero-order valence-electron chi connectivity index (χ0n) is 11.6. The number of benzene rings is 1. The highest BCUT2D eigenvalue weighted by Gasteiger charge is 2.11. The Bertz CT molecular complexity index is 801. The molecule has 8 heteroatoms. The van der Waals surface area contributed by atoms with Crippen molar-refractivity contribution < 1.29 is 14.1 Å². The second-order valence-electron chi connectivity index (χ2n) is 4.62. The number of anilines is 1. The van der Waals surface area contributed by atoms with Crippen LogP contribution >= 0.6 is 0 Å². The van der Waals surface area contributed by atoms with Gasteiger partial charge in [0.25, 0.3) is 11.2 Å². The van der Waals surface area contributed by atoms with E-state index in [-0.39, 0.29) is 11.4 Å². The molecular formula is C14H12FN3O4. The summed E-state index contributed by atoms with van der Waals surface area (Å²) < 4.78 is 14.3. The topological polar surface area (TPSA) is 94.2 Å². The number of amides is 1. The molecule has 1 aromatic carbocycles. The molecule has 0 aliphatic heterocycles. The quantitative estimate of drug-likeness (QED) is 0.689. The van der Waals surface area contributed by atoms with Crippen LogP contribution in [0.2, 0.25) is 0 Å². The van der Waals surface area contributed by atoms with Crippen molar-refractivity contribution in [3.63, 3.8) is 0 Å². The Morgan fingerprint density at radius 2 is 2.09 bits per heavy atom. The van der Waals surface area contributed by atoms with Crippen LogP contribution in [0.3, 0.4) is 0 Å². The first-order valence-corrected chi connectivity index (χ1v) is 6.27. The van der Waals surface area contributed by atoms with Gasteiger partial charge in [-0.2, -0.15) is 0 Å². The van der Waals surface area contributed by atoms with E-state index in [1.165, 1.54) is 12.1 Å². The van der Waals surface area contributed by atoms with Crippen LogP contribution in [0.1, 0.15) is 5.56 Å². The fraction of sp³-hybridized carbons (Fsp3) is 0.143. The number of halogens is 1. The molecule has 2 rings (SSSR count). The maximum atomic E-state index is 13.4. The Morgan fingerprint density at radius 3 is 2.73 bits per heavy atom. The fourth-order valence-electron chi connectivity index (χ4n) is 1.78. The van der Waals surface area contributed by atoms with Gasteiger partial charge >= 0.3 is 0 Å². The number of pyridine rings is 1. The molecule has 1 amide bonds. The lowest BCUT2D eigenvalue weighted by molar-refractivity contribution is -0.385. The summed E-state index contributed by atoms with van der Waals surface area (Å²) in [6, 6.07) is 6.25. The standard InChI is InChI=1S/C14H12FN3O4/c1-9-2-3-10(6-12(9)15)16-13(19)8-17-7-11(18(21)22)4-5-14(17)20/h2-7H,8H2,1H3,(H,16,19). The lowest BCUT2D eigenvalue weighted by atomic mass is 10.2. The van der Waals surface area contributed by atoms with Gasteiger partial charge in [0.2, 0.25) is 5.91 Å². The Morgan fingerprint density at radius 1 is 1.36 bits per heavy atom. The molecule has 1 aromatic heterocycles. The molecule has 0 unspecified atom stereocenters. The Hall–Kier alpha value is -3.03. The Labute approximate surface area is 124 Å². The number of carbonyl (C=O) groups excluding carboxylic acids is 1. The van der Waals surface area contributed by atoms with Gasteiger partial charge < -0.3 is 5.32 Å². The van der Waals surface area contributed by atoms with E-state index in [9.17, 15) is 24.1 Å². The minimum Gasteiger partial charge on any atom is -0.324 e. The van der Waals surface area contributed by atoms with Crippen molar-refractivity contribution in [1.82, 2.24) is 4.57 Å². The third-order valence-electron chi connectivity index (χ3n) is 2.95. The van der Waals surface area contributed by atoms with Gasteiger partial charge in [0, 0.05) is 17.8 Å². The van der Waals surface area contributed by atoms with Crippen LogP contribution < -0.4 is 10.9 Å². The second-order valence-corrected chi connectivity index (χ2v) is 4.62. The third-order valence-corrected chi connectivity index (χ3v) is 2.95. The van der Waals surface area contributed by atoms with Crippen molar-refractivity contribution in [3.05, 3.63) is 68.4 Å². The number of nitro groups is 1. The van der Waals surface area contributed by atoms with Crippen LogP contribution in [0.25, 0.3) is 0 Å². The maximum Gasteiger partial charge on any atom is 0.285 e. The van der Waals surface area contributed by atoms with E-state index < -0.39 is 28.8 Å². The Kier molecular flexibility index (Phi) is 4.31. The highest BCUT2D eigenvalue weighted by Crippen LogP contribution is 2.13. The van der Waals surface area contributed by atoms with Crippen LogP contribution in [-0.4, -0.2) is 15.4 Å². The van der Waals surface area contributed by atoms with E-state index in [0.717, 1.165) is 29.0 Å². The molecule has 1 N–H and O–H groups in total. The lowest BCUT2D eigenvalue weighted by Crippen LogP contribution is -2.27. The molecule has 0 saturated heterocycles. The molecule has 22 heavy (non-hydrogen) atoms. The van der Waals surface area contributed by atoms with Crippen LogP contribution in [0.15, 0.2) is 41.3 Å². The smallest absolute Gasteiger partial charge is 0.285 e. The average Bonchev–Trinajstić information content (AvgIpc) is 2.45. The zero-order chi connectivity index (χ0) is 16.3. The average molecular weight is 305 g/mol. The summed E-state index contributed by atoms with van der Waals surface area (Å²) in [4.78, 5) is 33.4. The summed E-state index contributed by atoms with van der Waals surface area (Å²) in [5.74, 6) is -1.06. The number of aryl methyl sites for hydroxylation is 1. The van der Waals surface area contributed by atoms with Gasteiger partial charge in [-0.05, 0) is 24.6 Å². The molecule has 0 radical (unpaired) electrons. The lowest BCUT2D eigenvalue weighted by Gasteiger charge is -2.08. The Balaban J connectivity index is 2.15. The van der Waals surface area contributed by atoms with Crippen LogP contribution in [-0.2, 0) is 11.3 Å². The molecule has 0 aliphatic carbocycles. The fourth-order valence-corrected chi connectivity index (χ4v) is 1.78. The first-order valence-electron chi connectivity index (χ1n) is 6.27. The van der Waals surface area contributed by atoms with Crippen LogP contribution in [0, 0.1) is 22.9 Å². The normalized spacial score (nSPS) is 10.3. The van der Waals surface area contributed by atoms with E-state index in [1.807, 2.05) is 0 Å². The number of nitrogens with zero attached hydrogens (tertiary/aromatic N) is 2. The highest BCUT2D eigenvalue weighted by atomic mass is 19.1. The summed E-state index contributed by atoms with van der Waals surface area (Å²) in [5, 5.41) is 13.1. The number of carbonyl (C=O) groups is 1. The summed E-state index contributed by atoms with van der Waals surface area (Å²) >= 11 is 0. The van der Waals surface area contributed by atoms with E-state index in [1.54, 1.807) is 6.92 Å². The molecule has 0 saturated carbocycles. The summed E-state index contributed by atoms with van der Waals surface area (Å²) in [7, 11) is 0. The van der Waals surface area contributed by atoms with Crippen LogP contribution in [0.5, 0.6) is 0 Å². The summed E-state index contributed by atoms with van der Waals surface area (Å²) in [5.41, 5.74) is -0.163. The predicted molar refractivity (Wildman–Crippen MR) is 77.1 cm³/mol. The number of nitrogens with one attached hydrogen (secondary N) is 1. The molecule has 1 heterocycles. The van der Waals surface area contributed by atoms with Gasteiger partial charge in [-0.15, -0.1) is 0 Å². The largest absolute Gasteiger partial charge is 0.324 e. The van der Waals surface area contributed by atoms with Crippen molar-refractivity contribution in [2.24, 2.45) is 0 Å². The number of hydrogen-bond donors (Lipinski definition) is 1. The minimum absolute atomic E-state index is 0.242. The highest BCUT2D eigenvalue weighted by molar-refractivity contribution is 5.90. The number of rotatable bonds is 4. The SMILES string of the molecule is Cc1ccc(NC(=O)Cn2cc([N+](=O)[O-])ccc2=O)cc1F. The van der Waals surface area contributed by atoms with Crippen molar-refractivity contribution >= 4 is 17.3 Å². The van der Waals surface area contributed by atoms with E-state index >= 15 is 0 Å². The van der Waals surface area contributed by atoms with Gasteiger partial charge in [-0.25, -0.2) is 4.39 Å². The number of hydrogen-bond acceptors (Lipinski definition) is 4. The van der Waals surface area contributed by atoms with Crippen LogP contribution in [0.4, 0.5) is 15.8 Å². The molecule has 114 valence electrons. The maximum absolute atomic E-state index is 13.4. The minimum atomic E-state index is -0.663. The van der Waals surface area contributed by atoms with E-state index in [0.29, 0.717) is 5.56 Å². The van der Waals surface area contributed by atoms with Gasteiger partial charge in [0.1, 0.15) is 12.4 Å². The van der Waals surface area contributed by atoms with Gasteiger partial charge in [0.05, 0.1) is 11.1 Å². The molecule has 0 spiro atoms. The molecule has 0 bridgehead atoms. The first kappa shape index (κ1) is 15.4. The third kappa shape index (κ3) is 3.54. The summed E-state index contributed by atoms with van der Waals surface area (Å²) in [6.07, 6.45) is 0.984. The number of aromatic nitrogens is 1. The predicted octanol–water partition coefficient (Wildman–Crippen LogP) is 1.84. The van der Waals surface area contributed by atoms with Crippen molar-refractivity contribution in [2.75, 3.05) is 5.32 Å². The van der Waals surface area contributed by atoms with Gasteiger partial charge in [-0.1, -0.05) is 6.07 Å². The monoisotopic (exact) mass is 305 g/mol. The van der Waals surface area contributed by atoms with Crippen molar-refractivity contribution in [3.8, 4) is 0 Å². The van der Waals surface area contributed by atoms with Gasteiger partial charge in [0.15, 0.2) is 0 Å². The van der Waals surface area contributed by atoms with Crippen molar-refractivity contribution in [1.29, 1.82) is 0 Å². The molecule has 2 aromatic rings. The molecule has 0 atom stereocenters. The van der Waals surface area contributed by atoms with Crippen molar-refractivity contribution in [2.45, 2.75) is 13.5 Å². The summed E-state index contributed by atoms with van der Waals surface area (Å²) in [6.45, 7) is 1.18. The van der Waals surface area contributed by atoms with E-state index in [4.69, 9.17) is 0 Å².